The monoisotopic (exact) mass is 263 g/mol. The molecule has 5 heteroatoms. The molecule has 3 nitrogen and oxygen atoms in total. The Balaban J connectivity index is 2.74. The standard InChI is InChI=1S/C8H10BrNO2S/c1-8(2,7(11)12)10-6-3-5(9)4-13-6/h3-4,10H,1-2H3,(H,11,12). The van der Waals surface area contributed by atoms with Crippen LogP contribution in [0.2, 0.25) is 0 Å². The van der Waals surface area contributed by atoms with E-state index >= 15 is 0 Å². The van der Waals surface area contributed by atoms with E-state index in [2.05, 4.69) is 21.2 Å². The Hall–Kier alpha value is -0.550. The van der Waals surface area contributed by atoms with Crippen LogP contribution in [0.5, 0.6) is 0 Å². The summed E-state index contributed by atoms with van der Waals surface area (Å²) >= 11 is 4.77. The molecule has 0 aliphatic carbocycles. The van der Waals surface area contributed by atoms with Crippen molar-refractivity contribution in [3.05, 3.63) is 15.9 Å². The number of nitrogens with one attached hydrogen (secondary N) is 1. The first-order chi connectivity index (χ1) is 5.92. The lowest BCUT2D eigenvalue weighted by molar-refractivity contribution is -0.141. The van der Waals surface area contributed by atoms with Gasteiger partial charge in [0.05, 0.1) is 5.00 Å². The Morgan fingerprint density at radius 3 is 2.69 bits per heavy atom. The van der Waals surface area contributed by atoms with E-state index in [-0.39, 0.29) is 0 Å². The minimum absolute atomic E-state index is 0.847. The first-order valence-electron chi connectivity index (χ1n) is 3.67. The summed E-state index contributed by atoms with van der Waals surface area (Å²) in [5, 5.41) is 14.5. The fraction of sp³-hybridized carbons (Fsp3) is 0.375. The molecular weight excluding hydrogens is 254 g/mol. The third-order valence-electron chi connectivity index (χ3n) is 1.54. The van der Waals surface area contributed by atoms with E-state index in [1.807, 2.05) is 11.4 Å². The molecule has 0 saturated carbocycles. The number of anilines is 1. The summed E-state index contributed by atoms with van der Waals surface area (Å²) in [5.41, 5.74) is -0.926. The van der Waals surface area contributed by atoms with E-state index in [4.69, 9.17) is 5.11 Å². The molecule has 0 aliphatic rings. The maximum absolute atomic E-state index is 10.8. The Labute approximate surface area is 88.9 Å². The Morgan fingerprint density at radius 1 is 1.69 bits per heavy atom. The second kappa shape index (κ2) is 3.67. The number of hydrogen-bond acceptors (Lipinski definition) is 3. The zero-order valence-electron chi connectivity index (χ0n) is 7.30. The van der Waals surface area contributed by atoms with Crippen molar-refractivity contribution in [2.45, 2.75) is 19.4 Å². The molecule has 1 heterocycles. The second-order valence-electron chi connectivity index (χ2n) is 3.18. The van der Waals surface area contributed by atoms with Gasteiger partial charge in [0.1, 0.15) is 5.54 Å². The molecule has 0 saturated heterocycles. The highest BCUT2D eigenvalue weighted by atomic mass is 79.9. The number of carboxylic acid groups (broad SMARTS) is 1. The van der Waals surface area contributed by atoms with Crippen molar-refractivity contribution in [3.8, 4) is 0 Å². The van der Waals surface area contributed by atoms with Gasteiger partial charge in [-0.1, -0.05) is 0 Å². The summed E-state index contributed by atoms with van der Waals surface area (Å²) in [6.45, 7) is 3.26. The lowest BCUT2D eigenvalue weighted by Crippen LogP contribution is -2.39. The van der Waals surface area contributed by atoms with E-state index < -0.39 is 11.5 Å². The van der Waals surface area contributed by atoms with Crippen LogP contribution < -0.4 is 5.32 Å². The summed E-state index contributed by atoms with van der Waals surface area (Å²) in [4.78, 5) is 10.8. The van der Waals surface area contributed by atoms with Gasteiger partial charge in [0.2, 0.25) is 0 Å². The van der Waals surface area contributed by atoms with Crippen molar-refractivity contribution in [1.29, 1.82) is 0 Å². The van der Waals surface area contributed by atoms with Gasteiger partial charge in [-0.2, -0.15) is 0 Å². The van der Waals surface area contributed by atoms with Crippen molar-refractivity contribution in [2.24, 2.45) is 0 Å². The van der Waals surface area contributed by atoms with Gasteiger partial charge in [-0.25, -0.2) is 4.79 Å². The number of carbonyl (C=O) groups is 1. The molecule has 1 rings (SSSR count). The van der Waals surface area contributed by atoms with E-state index in [9.17, 15) is 4.79 Å². The minimum atomic E-state index is -0.926. The molecule has 1 aromatic rings. The number of hydrogen-bond donors (Lipinski definition) is 2. The lowest BCUT2D eigenvalue weighted by atomic mass is 10.1. The molecule has 0 fully saturated rings. The first kappa shape index (κ1) is 10.5. The molecule has 0 bridgehead atoms. The van der Waals surface area contributed by atoms with Gasteiger partial charge in [-0.05, 0) is 35.8 Å². The van der Waals surface area contributed by atoms with Crippen LogP contribution in [-0.2, 0) is 4.79 Å². The second-order valence-corrected chi connectivity index (χ2v) is 5.01. The largest absolute Gasteiger partial charge is 0.480 e. The summed E-state index contributed by atoms with van der Waals surface area (Å²) in [5.74, 6) is -0.864. The number of thiophene rings is 1. The predicted molar refractivity (Wildman–Crippen MR) is 57.4 cm³/mol. The summed E-state index contributed by atoms with van der Waals surface area (Å²) in [6.07, 6.45) is 0. The van der Waals surface area contributed by atoms with Crippen LogP contribution in [0, 0.1) is 0 Å². The fourth-order valence-electron chi connectivity index (χ4n) is 0.740. The Kier molecular flexibility index (Phi) is 2.98. The molecule has 13 heavy (non-hydrogen) atoms. The molecule has 0 radical (unpaired) electrons. The van der Waals surface area contributed by atoms with Crippen molar-refractivity contribution in [2.75, 3.05) is 5.32 Å². The van der Waals surface area contributed by atoms with Gasteiger partial charge in [0, 0.05) is 9.85 Å². The minimum Gasteiger partial charge on any atom is -0.480 e. The number of rotatable bonds is 3. The molecule has 0 unspecified atom stereocenters. The SMILES string of the molecule is CC(C)(Nc1cc(Br)cs1)C(=O)O. The highest BCUT2D eigenvalue weighted by Gasteiger charge is 2.26. The molecule has 1 aromatic heterocycles. The van der Waals surface area contributed by atoms with Crippen LogP contribution in [0.25, 0.3) is 0 Å². The average molecular weight is 264 g/mol. The van der Waals surface area contributed by atoms with Crippen molar-refractivity contribution in [3.63, 3.8) is 0 Å². The van der Waals surface area contributed by atoms with Crippen LogP contribution in [0.1, 0.15) is 13.8 Å². The highest BCUT2D eigenvalue weighted by molar-refractivity contribution is 9.10. The zero-order chi connectivity index (χ0) is 10.1. The normalized spacial score (nSPS) is 11.3. The smallest absolute Gasteiger partial charge is 0.328 e. The van der Waals surface area contributed by atoms with E-state index in [0.29, 0.717) is 0 Å². The van der Waals surface area contributed by atoms with Gasteiger partial charge >= 0.3 is 5.97 Å². The zero-order valence-corrected chi connectivity index (χ0v) is 9.70. The summed E-state index contributed by atoms with van der Waals surface area (Å²) < 4.78 is 0.959. The van der Waals surface area contributed by atoms with Crippen molar-refractivity contribution >= 4 is 38.2 Å². The van der Waals surface area contributed by atoms with Crippen LogP contribution in [0.15, 0.2) is 15.9 Å². The van der Waals surface area contributed by atoms with Crippen LogP contribution >= 0.6 is 27.3 Å². The van der Waals surface area contributed by atoms with E-state index in [1.54, 1.807) is 13.8 Å². The van der Waals surface area contributed by atoms with Gasteiger partial charge in [0.15, 0.2) is 0 Å². The van der Waals surface area contributed by atoms with E-state index in [1.165, 1.54) is 11.3 Å². The number of aliphatic carboxylic acids is 1. The van der Waals surface area contributed by atoms with Gasteiger partial charge in [-0.15, -0.1) is 11.3 Å². The molecule has 0 aromatic carbocycles. The van der Waals surface area contributed by atoms with Gasteiger partial charge in [-0.3, -0.25) is 0 Å². The number of carboxylic acids is 1. The molecule has 0 amide bonds. The van der Waals surface area contributed by atoms with Gasteiger partial charge < -0.3 is 10.4 Å². The molecule has 72 valence electrons. The van der Waals surface area contributed by atoms with Crippen LogP contribution in [0.4, 0.5) is 5.00 Å². The molecular formula is C8H10BrNO2S. The maximum atomic E-state index is 10.8. The molecule has 0 aliphatic heterocycles. The third kappa shape index (κ3) is 2.70. The molecule has 0 atom stereocenters. The predicted octanol–water partition coefficient (Wildman–Crippen LogP) is 2.79. The fourth-order valence-corrected chi connectivity index (χ4v) is 2.22. The first-order valence-corrected chi connectivity index (χ1v) is 5.35. The Morgan fingerprint density at radius 2 is 2.31 bits per heavy atom. The lowest BCUT2D eigenvalue weighted by Gasteiger charge is -2.20. The molecule has 2 N–H and O–H groups in total. The van der Waals surface area contributed by atoms with Crippen molar-refractivity contribution < 1.29 is 9.90 Å². The summed E-state index contributed by atoms with van der Waals surface area (Å²) in [6, 6.07) is 1.86. The number of halogens is 1. The quantitative estimate of drug-likeness (QED) is 0.882. The van der Waals surface area contributed by atoms with Gasteiger partial charge in [0.25, 0.3) is 0 Å². The maximum Gasteiger partial charge on any atom is 0.328 e. The Bertz CT molecular complexity index is 322. The van der Waals surface area contributed by atoms with Crippen LogP contribution in [0.3, 0.4) is 0 Å². The van der Waals surface area contributed by atoms with Crippen LogP contribution in [-0.4, -0.2) is 16.6 Å². The topological polar surface area (TPSA) is 49.3 Å². The third-order valence-corrected chi connectivity index (χ3v) is 3.14. The average Bonchev–Trinajstić information content (AvgIpc) is 2.34. The molecule has 0 spiro atoms. The van der Waals surface area contributed by atoms with Crippen molar-refractivity contribution in [1.82, 2.24) is 0 Å². The van der Waals surface area contributed by atoms with E-state index in [0.717, 1.165) is 9.47 Å². The highest BCUT2D eigenvalue weighted by Crippen LogP contribution is 2.27. The summed E-state index contributed by atoms with van der Waals surface area (Å²) in [7, 11) is 0.